The SMILES string of the molecule is C=Cc1c(/C=C\C)nc(-c2ccc(-c3ccc4c(c3)CCC4)cc2)c(OC)c1C(=O)NO. The monoisotopic (exact) mass is 426 g/mol. The third-order valence-corrected chi connectivity index (χ3v) is 5.87. The van der Waals surface area contributed by atoms with Gasteiger partial charge in [0, 0.05) is 11.1 Å². The number of carbonyl (C=O) groups is 1. The lowest BCUT2D eigenvalue weighted by molar-refractivity contribution is 0.0703. The number of fused-ring (bicyclic) bond motifs is 1. The molecule has 0 spiro atoms. The van der Waals surface area contributed by atoms with Gasteiger partial charge in [-0.2, -0.15) is 0 Å². The molecule has 0 bridgehead atoms. The highest BCUT2D eigenvalue weighted by atomic mass is 16.5. The molecule has 32 heavy (non-hydrogen) atoms. The number of aryl methyl sites for hydroxylation is 2. The van der Waals surface area contributed by atoms with Gasteiger partial charge in [-0.3, -0.25) is 10.0 Å². The average molecular weight is 427 g/mol. The Kier molecular flexibility index (Phi) is 6.19. The number of nitrogens with zero attached hydrogens (tertiary/aromatic N) is 1. The van der Waals surface area contributed by atoms with Gasteiger partial charge in [0.15, 0.2) is 5.75 Å². The van der Waals surface area contributed by atoms with Gasteiger partial charge in [-0.25, -0.2) is 10.5 Å². The van der Waals surface area contributed by atoms with Crippen LogP contribution in [0.15, 0.2) is 55.1 Å². The van der Waals surface area contributed by atoms with Crippen molar-refractivity contribution in [2.45, 2.75) is 26.2 Å². The van der Waals surface area contributed by atoms with E-state index in [0.717, 1.165) is 17.5 Å². The zero-order valence-electron chi connectivity index (χ0n) is 18.3. The number of rotatable bonds is 6. The molecule has 2 aromatic carbocycles. The summed E-state index contributed by atoms with van der Waals surface area (Å²) in [5.41, 5.74) is 9.48. The smallest absolute Gasteiger partial charge is 0.279 e. The highest BCUT2D eigenvalue weighted by Gasteiger charge is 2.24. The fourth-order valence-electron chi connectivity index (χ4n) is 4.34. The van der Waals surface area contributed by atoms with Crippen LogP contribution in [0, 0.1) is 0 Å². The third kappa shape index (κ3) is 3.83. The van der Waals surface area contributed by atoms with Gasteiger partial charge in [0.05, 0.1) is 18.4 Å². The fraction of sp³-hybridized carbons (Fsp3) is 0.185. The summed E-state index contributed by atoms with van der Waals surface area (Å²) in [7, 11) is 1.48. The molecule has 1 aliphatic rings. The van der Waals surface area contributed by atoms with Crippen LogP contribution in [-0.2, 0) is 12.8 Å². The van der Waals surface area contributed by atoms with Crippen molar-refractivity contribution in [1.29, 1.82) is 0 Å². The number of carbonyl (C=O) groups excluding carboxylic acids is 1. The predicted octanol–water partition coefficient (Wildman–Crippen LogP) is 5.71. The summed E-state index contributed by atoms with van der Waals surface area (Å²) in [4.78, 5) is 17.3. The number of aromatic nitrogens is 1. The summed E-state index contributed by atoms with van der Waals surface area (Å²) in [6.45, 7) is 5.68. The van der Waals surface area contributed by atoms with Gasteiger partial charge in [0.1, 0.15) is 5.69 Å². The first-order chi connectivity index (χ1) is 15.6. The first-order valence-electron chi connectivity index (χ1n) is 10.7. The molecule has 1 aromatic heterocycles. The summed E-state index contributed by atoms with van der Waals surface area (Å²) < 4.78 is 5.59. The van der Waals surface area contributed by atoms with Crippen LogP contribution in [0.25, 0.3) is 34.5 Å². The van der Waals surface area contributed by atoms with Crippen LogP contribution in [0.5, 0.6) is 5.75 Å². The Balaban J connectivity index is 1.83. The Labute approximate surface area is 188 Å². The molecular weight excluding hydrogens is 400 g/mol. The van der Waals surface area contributed by atoms with Crippen LogP contribution in [0.1, 0.15) is 46.1 Å². The second kappa shape index (κ2) is 9.20. The van der Waals surface area contributed by atoms with E-state index < -0.39 is 5.91 Å². The molecule has 0 saturated heterocycles. The van der Waals surface area contributed by atoms with Crippen molar-refractivity contribution in [3.63, 3.8) is 0 Å². The molecule has 3 aromatic rings. The molecule has 5 nitrogen and oxygen atoms in total. The number of hydroxylamine groups is 1. The van der Waals surface area contributed by atoms with E-state index in [-0.39, 0.29) is 11.3 Å². The van der Waals surface area contributed by atoms with E-state index in [1.807, 2.05) is 25.1 Å². The van der Waals surface area contributed by atoms with E-state index in [1.165, 1.54) is 42.7 Å². The van der Waals surface area contributed by atoms with Crippen molar-refractivity contribution < 1.29 is 14.7 Å². The second-order valence-corrected chi connectivity index (χ2v) is 7.73. The Hall–Kier alpha value is -3.70. The van der Waals surface area contributed by atoms with Crippen LogP contribution >= 0.6 is 0 Å². The molecule has 0 saturated carbocycles. The highest BCUT2D eigenvalue weighted by Crippen LogP contribution is 2.37. The number of pyridine rings is 1. The number of nitrogens with one attached hydrogen (secondary N) is 1. The van der Waals surface area contributed by atoms with Gasteiger partial charge in [0.25, 0.3) is 5.91 Å². The summed E-state index contributed by atoms with van der Waals surface area (Å²) in [6.07, 6.45) is 8.70. The second-order valence-electron chi connectivity index (χ2n) is 7.73. The first kappa shape index (κ1) is 21.5. The average Bonchev–Trinajstić information content (AvgIpc) is 3.31. The van der Waals surface area contributed by atoms with Crippen LogP contribution < -0.4 is 10.2 Å². The molecular formula is C27H26N2O3. The summed E-state index contributed by atoms with van der Waals surface area (Å²) >= 11 is 0. The quantitative estimate of drug-likeness (QED) is 0.391. The van der Waals surface area contributed by atoms with Crippen molar-refractivity contribution in [3.05, 3.63) is 83.1 Å². The topological polar surface area (TPSA) is 71.5 Å². The third-order valence-electron chi connectivity index (χ3n) is 5.87. The van der Waals surface area contributed by atoms with Crippen LogP contribution in [0.3, 0.4) is 0 Å². The predicted molar refractivity (Wildman–Crippen MR) is 128 cm³/mol. The van der Waals surface area contributed by atoms with Gasteiger partial charge < -0.3 is 4.74 Å². The van der Waals surface area contributed by atoms with E-state index in [1.54, 1.807) is 11.6 Å². The van der Waals surface area contributed by atoms with E-state index in [9.17, 15) is 10.0 Å². The molecule has 0 atom stereocenters. The van der Waals surface area contributed by atoms with Crippen molar-refractivity contribution in [2.75, 3.05) is 7.11 Å². The number of hydrogen-bond donors (Lipinski definition) is 2. The van der Waals surface area contributed by atoms with E-state index in [0.29, 0.717) is 17.0 Å². The zero-order valence-corrected chi connectivity index (χ0v) is 18.3. The molecule has 1 heterocycles. The molecule has 0 fully saturated rings. The van der Waals surface area contributed by atoms with Crippen molar-refractivity contribution in [3.8, 4) is 28.1 Å². The number of ether oxygens (including phenoxy) is 1. The molecule has 0 aliphatic heterocycles. The lowest BCUT2D eigenvalue weighted by Crippen LogP contribution is -2.22. The Morgan fingerprint density at radius 1 is 1.09 bits per heavy atom. The lowest BCUT2D eigenvalue weighted by Gasteiger charge is -2.17. The first-order valence-corrected chi connectivity index (χ1v) is 10.7. The minimum Gasteiger partial charge on any atom is -0.494 e. The van der Waals surface area contributed by atoms with Gasteiger partial charge >= 0.3 is 0 Å². The van der Waals surface area contributed by atoms with Gasteiger partial charge in [-0.15, -0.1) is 0 Å². The number of methoxy groups -OCH3 is 1. The van der Waals surface area contributed by atoms with Crippen molar-refractivity contribution in [1.82, 2.24) is 10.5 Å². The molecule has 0 unspecified atom stereocenters. The highest BCUT2D eigenvalue weighted by molar-refractivity contribution is 6.02. The Bertz CT molecular complexity index is 1210. The molecule has 4 rings (SSSR count). The lowest BCUT2D eigenvalue weighted by atomic mass is 9.96. The number of benzene rings is 2. The molecule has 5 heteroatoms. The van der Waals surface area contributed by atoms with E-state index in [2.05, 4.69) is 36.9 Å². The Morgan fingerprint density at radius 2 is 1.78 bits per heavy atom. The molecule has 0 radical (unpaired) electrons. The minimum atomic E-state index is -0.680. The zero-order chi connectivity index (χ0) is 22.7. The maximum atomic E-state index is 12.5. The fourth-order valence-corrected chi connectivity index (χ4v) is 4.34. The number of hydrogen-bond acceptors (Lipinski definition) is 4. The Morgan fingerprint density at radius 3 is 2.44 bits per heavy atom. The standard InChI is InChI=1S/C27H26N2O3/c1-4-7-23-22(5-2)24(27(30)29-31)26(32-3)25(28-23)19-13-10-18(11-14-19)21-15-12-17-8-6-9-20(17)16-21/h4-5,7,10-16,31H,2,6,8-9H2,1,3H3,(H,29,30)/b7-4-. The van der Waals surface area contributed by atoms with E-state index >= 15 is 0 Å². The number of allylic oxidation sites excluding steroid dienone is 1. The largest absolute Gasteiger partial charge is 0.494 e. The minimum absolute atomic E-state index is 0.186. The van der Waals surface area contributed by atoms with Crippen LogP contribution in [-0.4, -0.2) is 23.2 Å². The van der Waals surface area contributed by atoms with Crippen molar-refractivity contribution in [2.24, 2.45) is 0 Å². The van der Waals surface area contributed by atoms with Crippen LogP contribution in [0.4, 0.5) is 0 Å². The summed E-state index contributed by atoms with van der Waals surface area (Å²) in [5, 5.41) is 9.31. The maximum Gasteiger partial charge on any atom is 0.279 e. The molecule has 2 N–H and O–H groups in total. The van der Waals surface area contributed by atoms with Crippen molar-refractivity contribution >= 4 is 18.1 Å². The van der Waals surface area contributed by atoms with Gasteiger partial charge in [-0.05, 0) is 54.5 Å². The molecule has 162 valence electrons. The normalized spacial score (nSPS) is 12.6. The summed E-state index contributed by atoms with van der Waals surface area (Å²) in [5.74, 6) is -0.397. The molecule has 1 aliphatic carbocycles. The molecule has 1 amide bonds. The van der Waals surface area contributed by atoms with E-state index in [4.69, 9.17) is 9.72 Å². The maximum absolute atomic E-state index is 12.5. The van der Waals surface area contributed by atoms with Gasteiger partial charge in [-0.1, -0.05) is 61.2 Å². The number of amides is 1. The van der Waals surface area contributed by atoms with Gasteiger partial charge in [0.2, 0.25) is 0 Å². The summed E-state index contributed by atoms with van der Waals surface area (Å²) in [6, 6.07) is 14.7. The van der Waals surface area contributed by atoms with Crippen LogP contribution in [0.2, 0.25) is 0 Å².